The van der Waals surface area contributed by atoms with Gasteiger partial charge in [0.2, 0.25) is 5.91 Å². The van der Waals surface area contributed by atoms with Crippen LogP contribution in [0.1, 0.15) is 49.9 Å². The monoisotopic (exact) mass is 456 g/mol. The van der Waals surface area contributed by atoms with Crippen LogP contribution in [-0.4, -0.2) is 56.5 Å². The van der Waals surface area contributed by atoms with Crippen LogP contribution >= 0.6 is 0 Å². The molecule has 5 heterocycles. The Morgan fingerprint density at radius 1 is 0.912 bits per heavy atom. The molecule has 34 heavy (non-hydrogen) atoms. The first-order valence-electron chi connectivity index (χ1n) is 12.8. The largest absolute Gasteiger partial charge is 0.355 e. The maximum Gasteiger partial charge on any atom is 0.226 e. The van der Waals surface area contributed by atoms with Gasteiger partial charge < -0.3 is 14.4 Å². The summed E-state index contributed by atoms with van der Waals surface area (Å²) in [6.45, 7) is 4.20. The summed E-state index contributed by atoms with van der Waals surface area (Å²) in [4.78, 5) is 31.8. The second kappa shape index (κ2) is 9.20. The van der Waals surface area contributed by atoms with Crippen LogP contribution in [-0.2, 0) is 17.8 Å². The first kappa shape index (κ1) is 21.3. The number of benzene rings is 1. The number of hydrogen-bond acceptors (Lipinski definition) is 5. The van der Waals surface area contributed by atoms with Gasteiger partial charge in [-0.1, -0.05) is 42.8 Å². The molecule has 7 nitrogen and oxygen atoms in total. The topological polar surface area (TPSA) is 67.2 Å². The van der Waals surface area contributed by atoms with Crippen molar-refractivity contribution >= 4 is 28.5 Å². The number of carbonyl (C=O) groups is 1. The highest BCUT2D eigenvalue weighted by Crippen LogP contribution is 2.30. The second-order valence-corrected chi connectivity index (χ2v) is 9.75. The first-order valence-corrected chi connectivity index (χ1v) is 12.8. The van der Waals surface area contributed by atoms with Crippen LogP contribution in [0.4, 0.5) is 5.82 Å². The van der Waals surface area contributed by atoms with E-state index in [1.54, 1.807) is 6.33 Å². The van der Waals surface area contributed by atoms with Crippen molar-refractivity contribution in [2.45, 2.75) is 51.5 Å². The zero-order valence-electron chi connectivity index (χ0n) is 19.7. The Balaban J connectivity index is 1.12. The van der Waals surface area contributed by atoms with Gasteiger partial charge in [-0.15, -0.1) is 0 Å². The van der Waals surface area contributed by atoms with Gasteiger partial charge in [0.15, 0.2) is 17.0 Å². The third kappa shape index (κ3) is 3.97. The fourth-order valence-corrected chi connectivity index (χ4v) is 5.74. The van der Waals surface area contributed by atoms with Crippen molar-refractivity contribution in [2.75, 3.05) is 31.1 Å². The predicted molar refractivity (Wildman–Crippen MR) is 133 cm³/mol. The molecular formula is C27H32N6O. The summed E-state index contributed by atoms with van der Waals surface area (Å²) in [7, 11) is 0. The Hall–Kier alpha value is -3.22. The van der Waals surface area contributed by atoms with E-state index in [1.807, 2.05) is 11.0 Å². The average molecular weight is 457 g/mol. The number of piperidine rings is 1. The Bertz CT molecular complexity index is 1210. The van der Waals surface area contributed by atoms with Gasteiger partial charge in [-0.3, -0.25) is 4.79 Å². The molecule has 3 aliphatic rings. The van der Waals surface area contributed by atoms with E-state index in [0.29, 0.717) is 5.91 Å². The van der Waals surface area contributed by atoms with E-state index in [2.05, 4.69) is 49.8 Å². The molecule has 1 fully saturated rings. The zero-order chi connectivity index (χ0) is 22.9. The molecule has 0 unspecified atom stereocenters. The molecule has 7 heteroatoms. The molecule has 0 bridgehead atoms. The van der Waals surface area contributed by atoms with E-state index in [4.69, 9.17) is 4.98 Å². The smallest absolute Gasteiger partial charge is 0.226 e. The molecule has 176 valence electrons. The summed E-state index contributed by atoms with van der Waals surface area (Å²) in [5.41, 5.74) is 4.52. The number of nitrogens with zero attached hydrogens (tertiary/aromatic N) is 6. The number of hydrogen-bond donors (Lipinski definition) is 0. The van der Waals surface area contributed by atoms with Gasteiger partial charge in [-0.25, -0.2) is 15.0 Å². The quantitative estimate of drug-likeness (QED) is 0.594. The fourth-order valence-electron chi connectivity index (χ4n) is 5.74. The van der Waals surface area contributed by atoms with Crippen molar-refractivity contribution < 1.29 is 4.79 Å². The summed E-state index contributed by atoms with van der Waals surface area (Å²) in [5.74, 6) is 2.49. The summed E-state index contributed by atoms with van der Waals surface area (Å²) in [6, 6.07) is 10.5. The SMILES string of the molecule is O=C(C1CCN(c2ncnc3c2nc2n3CCCCC2)CC1)N1CC=C(c2ccccc2)CC1. The maximum atomic E-state index is 13.3. The predicted octanol–water partition coefficient (Wildman–Crippen LogP) is 4.09. The zero-order valence-corrected chi connectivity index (χ0v) is 19.7. The minimum atomic E-state index is 0.0963. The highest BCUT2D eigenvalue weighted by Gasteiger charge is 2.31. The minimum absolute atomic E-state index is 0.0963. The molecule has 0 N–H and O–H groups in total. The van der Waals surface area contributed by atoms with Crippen LogP contribution in [0.25, 0.3) is 16.7 Å². The van der Waals surface area contributed by atoms with Crippen LogP contribution < -0.4 is 4.90 Å². The number of carbonyl (C=O) groups excluding carboxylic acids is 1. The molecule has 1 saturated heterocycles. The van der Waals surface area contributed by atoms with Gasteiger partial charge >= 0.3 is 0 Å². The van der Waals surface area contributed by atoms with Crippen LogP contribution in [0.5, 0.6) is 0 Å². The van der Waals surface area contributed by atoms with Crippen LogP contribution in [0.2, 0.25) is 0 Å². The molecule has 0 radical (unpaired) electrons. The third-order valence-corrected chi connectivity index (χ3v) is 7.68. The van der Waals surface area contributed by atoms with Crippen LogP contribution in [0.15, 0.2) is 42.7 Å². The first-order chi connectivity index (χ1) is 16.8. The van der Waals surface area contributed by atoms with Crippen molar-refractivity contribution in [3.63, 3.8) is 0 Å². The lowest BCUT2D eigenvalue weighted by Crippen LogP contribution is -2.44. The Labute approximate surface area is 200 Å². The number of rotatable bonds is 3. The molecule has 1 amide bonds. The van der Waals surface area contributed by atoms with E-state index in [0.717, 1.165) is 81.2 Å². The van der Waals surface area contributed by atoms with Crippen molar-refractivity contribution in [2.24, 2.45) is 5.92 Å². The molecule has 0 aliphatic carbocycles. The highest BCUT2D eigenvalue weighted by atomic mass is 16.2. The standard InChI is InChI=1S/C27H32N6O/c34-27(32-17-10-21(11-18-32)20-7-3-1-4-8-20)22-12-15-31(16-13-22)25-24-26(29-19-28-25)33-14-6-2-5-9-23(33)30-24/h1,3-4,7-8,10,19,22H,2,5-6,9,11-18H2. The molecular weight excluding hydrogens is 424 g/mol. The normalized spacial score (nSPS) is 19.6. The Morgan fingerprint density at radius 2 is 1.76 bits per heavy atom. The summed E-state index contributed by atoms with van der Waals surface area (Å²) in [5, 5.41) is 0. The van der Waals surface area contributed by atoms with Crippen molar-refractivity contribution in [1.29, 1.82) is 0 Å². The molecule has 1 aromatic carbocycles. The molecule has 3 aromatic rings. The summed E-state index contributed by atoms with van der Waals surface area (Å²) < 4.78 is 2.29. The maximum absolute atomic E-state index is 13.3. The molecule has 6 rings (SSSR count). The van der Waals surface area contributed by atoms with E-state index in [-0.39, 0.29) is 5.92 Å². The van der Waals surface area contributed by atoms with Gasteiger partial charge in [-0.05, 0) is 43.2 Å². The number of aryl methyl sites for hydroxylation is 2. The van der Waals surface area contributed by atoms with Gasteiger partial charge in [-0.2, -0.15) is 0 Å². The van der Waals surface area contributed by atoms with Crippen LogP contribution in [0.3, 0.4) is 0 Å². The Morgan fingerprint density at radius 3 is 2.56 bits per heavy atom. The number of imidazole rings is 1. The minimum Gasteiger partial charge on any atom is -0.355 e. The fraction of sp³-hybridized carbons (Fsp3) is 0.481. The lowest BCUT2D eigenvalue weighted by atomic mass is 9.93. The number of amides is 1. The van der Waals surface area contributed by atoms with E-state index >= 15 is 0 Å². The Kier molecular flexibility index (Phi) is 5.77. The van der Waals surface area contributed by atoms with Crippen molar-refractivity contribution in [3.05, 3.63) is 54.1 Å². The van der Waals surface area contributed by atoms with Gasteiger partial charge in [0.1, 0.15) is 12.2 Å². The van der Waals surface area contributed by atoms with E-state index in [9.17, 15) is 4.79 Å². The highest BCUT2D eigenvalue weighted by molar-refractivity contribution is 5.85. The van der Waals surface area contributed by atoms with Gasteiger partial charge in [0, 0.05) is 45.1 Å². The molecule has 0 saturated carbocycles. The average Bonchev–Trinajstić information content (AvgIpc) is 3.09. The van der Waals surface area contributed by atoms with E-state index in [1.165, 1.54) is 30.4 Å². The molecule has 0 atom stereocenters. The van der Waals surface area contributed by atoms with Gasteiger partial charge in [0.05, 0.1) is 0 Å². The van der Waals surface area contributed by atoms with E-state index < -0.39 is 0 Å². The number of anilines is 1. The summed E-state index contributed by atoms with van der Waals surface area (Å²) >= 11 is 0. The number of aromatic nitrogens is 4. The number of fused-ring (bicyclic) bond motifs is 3. The molecule has 0 spiro atoms. The summed E-state index contributed by atoms with van der Waals surface area (Å²) in [6.07, 6.45) is 11.2. The van der Waals surface area contributed by atoms with Crippen LogP contribution in [0, 0.1) is 5.92 Å². The second-order valence-electron chi connectivity index (χ2n) is 9.75. The van der Waals surface area contributed by atoms with Gasteiger partial charge in [0.25, 0.3) is 0 Å². The molecule has 2 aromatic heterocycles. The molecule has 3 aliphatic heterocycles. The lowest BCUT2D eigenvalue weighted by Gasteiger charge is -2.35. The van der Waals surface area contributed by atoms with Crippen molar-refractivity contribution in [1.82, 2.24) is 24.4 Å². The lowest BCUT2D eigenvalue weighted by molar-refractivity contribution is -0.135. The van der Waals surface area contributed by atoms with Crippen molar-refractivity contribution in [3.8, 4) is 0 Å². The third-order valence-electron chi connectivity index (χ3n) is 7.68.